The molecule has 0 amide bonds. The monoisotopic (exact) mass is 274 g/mol. The summed E-state index contributed by atoms with van der Waals surface area (Å²) in [5.74, 6) is 0. The minimum absolute atomic E-state index is 0.449. The Morgan fingerprint density at radius 1 is 1.16 bits per heavy atom. The van der Waals surface area contributed by atoms with Crippen LogP contribution in [0, 0.1) is 0 Å². The first-order valence-corrected chi connectivity index (χ1v) is 7.63. The van der Waals surface area contributed by atoms with Crippen LogP contribution in [0.15, 0.2) is 47.8 Å². The van der Waals surface area contributed by atoms with E-state index in [0.29, 0.717) is 6.04 Å². The first-order valence-electron chi connectivity index (χ1n) is 6.75. The SMILES string of the molecule is CC(NCCN(C)Cc1ccccc1)c1cccs1. The predicted octanol–water partition coefficient (Wildman–Crippen LogP) is 3.53. The standard InChI is InChI=1S/C16H22N2S/c1-14(16-9-6-12-19-16)17-10-11-18(2)13-15-7-4-3-5-8-15/h3-9,12,14,17H,10-11,13H2,1-2H3. The van der Waals surface area contributed by atoms with Gasteiger partial charge < -0.3 is 10.2 Å². The van der Waals surface area contributed by atoms with Crippen LogP contribution in [0.4, 0.5) is 0 Å². The van der Waals surface area contributed by atoms with Crippen LogP contribution in [0.3, 0.4) is 0 Å². The van der Waals surface area contributed by atoms with E-state index < -0.39 is 0 Å². The van der Waals surface area contributed by atoms with Crippen molar-refractivity contribution in [3.8, 4) is 0 Å². The molecule has 0 aliphatic heterocycles. The minimum atomic E-state index is 0.449. The highest BCUT2D eigenvalue weighted by Gasteiger charge is 2.05. The van der Waals surface area contributed by atoms with Gasteiger partial charge in [-0.25, -0.2) is 0 Å². The summed E-state index contributed by atoms with van der Waals surface area (Å²) in [6.07, 6.45) is 0. The van der Waals surface area contributed by atoms with Gasteiger partial charge in [-0.3, -0.25) is 0 Å². The molecule has 102 valence electrons. The molecule has 2 rings (SSSR count). The number of hydrogen-bond acceptors (Lipinski definition) is 3. The maximum absolute atomic E-state index is 3.57. The van der Waals surface area contributed by atoms with E-state index in [4.69, 9.17) is 0 Å². The molecule has 0 saturated heterocycles. The Labute approximate surface area is 120 Å². The molecule has 0 aliphatic carbocycles. The summed E-state index contributed by atoms with van der Waals surface area (Å²) in [4.78, 5) is 3.76. The summed E-state index contributed by atoms with van der Waals surface area (Å²) < 4.78 is 0. The highest BCUT2D eigenvalue weighted by atomic mass is 32.1. The molecule has 0 radical (unpaired) electrons. The molecule has 1 atom stereocenters. The van der Waals surface area contributed by atoms with Crippen LogP contribution in [-0.2, 0) is 6.54 Å². The van der Waals surface area contributed by atoms with Crippen LogP contribution in [0.1, 0.15) is 23.4 Å². The average Bonchev–Trinajstić information content (AvgIpc) is 2.93. The Balaban J connectivity index is 1.68. The van der Waals surface area contributed by atoms with Gasteiger partial charge in [0.15, 0.2) is 0 Å². The third-order valence-electron chi connectivity index (χ3n) is 3.21. The lowest BCUT2D eigenvalue weighted by molar-refractivity contribution is 0.319. The summed E-state index contributed by atoms with van der Waals surface area (Å²) in [5, 5.41) is 5.70. The van der Waals surface area contributed by atoms with Crippen molar-refractivity contribution in [3.05, 3.63) is 58.3 Å². The molecule has 1 aromatic carbocycles. The molecule has 0 aliphatic rings. The van der Waals surface area contributed by atoms with Crippen molar-refractivity contribution in [1.82, 2.24) is 10.2 Å². The lowest BCUT2D eigenvalue weighted by Gasteiger charge is -2.19. The maximum atomic E-state index is 3.57. The minimum Gasteiger partial charge on any atom is -0.308 e. The first-order chi connectivity index (χ1) is 9.25. The van der Waals surface area contributed by atoms with Gasteiger partial charge in [-0.2, -0.15) is 0 Å². The fourth-order valence-corrected chi connectivity index (χ4v) is 2.84. The molecule has 2 aromatic rings. The highest BCUT2D eigenvalue weighted by molar-refractivity contribution is 7.10. The topological polar surface area (TPSA) is 15.3 Å². The van der Waals surface area contributed by atoms with Gasteiger partial charge in [-0.1, -0.05) is 36.4 Å². The van der Waals surface area contributed by atoms with Crippen molar-refractivity contribution in [3.63, 3.8) is 0 Å². The third kappa shape index (κ3) is 4.78. The van der Waals surface area contributed by atoms with Crippen LogP contribution in [0.25, 0.3) is 0 Å². The number of hydrogen-bond donors (Lipinski definition) is 1. The van der Waals surface area contributed by atoms with E-state index in [9.17, 15) is 0 Å². The number of likely N-dealkylation sites (N-methyl/N-ethyl adjacent to an activating group) is 1. The van der Waals surface area contributed by atoms with Gasteiger partial charge in [0.2, 0.25) is 0 Å². The highest BCUT2D eigenvalue weighted by Crippen LogP contribution is 2.17. The molecular formula is C16H22N2S. The fourth-order valence-electron chi connectivity index (χ4n) is 2.08. The molecule has 3 heteroatoms. The van der Waals surface area contributed by atoms with E-state index in [2.05, 4.69) is 72.0 Å². The lowest BCUT2D eigenvalue weighted by Crippen LogP contribution is -2.30. The van der Waals surface area contributed by atoms with E-state index in [-0.39, 0.29) is 0 Å². The van der Waals surface area contributed by atoms with Gasteiger partial charge in [-0.05, 0) is 31.0 Å². The zero-order chi connectivity index (χ0) is 13.5. The van der Waals surface area contributed by atoms with Crippen LogP contribution >= 0.6 is 11.3 Å². The summed E-state index contributed by atoms with van der Waals surface area (Å²) in [5.41, 5.74) is 1.37. The lowest BCUT2D eigenvalue weighted by atomic mass is 10.2. The molecule has 0 fully saturated rings. The second-order valence-electron chi connectivity index (χ2n) is 4.91. The summed E-state index contributed by atoms with van der Waals surface area (Å²) >= 11 is 1.82. The number of benzene rings is 1. The quantitative estimate of drug-likeness (QED) is 0.831. The molecule has 2 nitrogen and oxygen atoms in total. The Hall–Kier alpha value is -1.16. The fraction of sp³-hybridized carbons (Fsp3) is 0.375. The van der Waals surface area contributed by atoms with E-state index in [1.54, 1.807) is 0 Å². The van der Waals surface area contributed by atoms with Gasteiger partial charge >= 0.3 is 0 Å². The number of rotatable bonds is 7. The van der Waals surface area contributed by atoms with E-state index >= 15 is 0 Å². The summed E-state index contributed by atoms with van der Waals surface area (Å²) in [6, 6.07) is 15.4. The van der Waals surface area contributed by atoms with Crippen molar-refractivity contribution in [2.75, 3.05) is 20.1 Å². The second-order valence-corrected chi connectivity index (χ2v) is 5.89. The molecule has 1 heterocycles. The Bertz CT molecular complexity index is 453. The van der Waals surface area contributed by atoms with Crippen molar-refractivity contribution in [1.29, 1.82) is 0 Å². The van der Waals surface area contributed by atoms with Crippen LogP contribution in [-0.4, -0.2) is 25.0 Å². The van der Waals surface area contributed by atoms with Gasteiger partial charge in [0, 0.05) is 30.6 Å². The normalized spacial score (nSPS) is 12.8. The van der Waals surface area contributed by atoms with Gasteiger partial charge in [-0.15, -0.1) is 11.3 Å². The second kappa shape index (κ2) is 7.43. The van der Waals surface area contributed by atoms with Crippen molar-refractivity contribution in [2.24, 2.45) is 0 Å². The predicted molar refractivity (Wildman–Crippen MR) is 83.5 cm³/mol. The number of nitrogens with zero attached hydrogens (tertiary/aromatic N) is 1. The molecule has 0 saturated carbocycles. The Morgan fingerprint density at radius 3 is 2.63 bits per heavy atom. The smallest absolute Gasteiger partial charge is 0.0386 e. The molecule has 19 heavy (non-hydrogen) atoms. The van der Waals surface area contributed by atoms with E-state index in [0.717, 1.165) is 19.6 Å². The summed E-state index contributed by atoms with van der Waals surface area (Å²) in [6.45, 7) is 5.31. The zero-order valence-corrected chi connectivity index (χ0v) is 12.5. The average molecular weight is 274 g/mol. The number of thiophene rings is 1. The van der Waals surface area contributed by atoms with Crippen LogP contribution in [0.2, 0.25) is 0 Å². The molecular weight excluding hydrogens is 252 g/mol. The van der Waals surface area contributed by atoms with Gasteiger partial charge in [0.05, 0.1) is 0 Å². The third-order valence-corrected chi connectivity index (χ3v) is 4.26. The molecule has 1 N–H and O–H groups in total. The largest absolute Gasteiger partial charge is 0.308 e. The Kier molecular flexibility index (Phi) is 5.58. The number of nitrogens with one attached hydrogen (secondary N) is 1. The van der Waals surface area contributed by atoms with E-state index in [1.807, 2.05) is 11.3 Å². The van der Waals surface area contributed by atoms with Crippen molar-refractivity contribution >= 4 is 11.3 Å². The Morgan fingerprint density at radius 2 is 1.95 bits per heavy atom. The zero-order valence-electron chi connectivity index (χ0n) is 11.7. The van der Waals surface area contributed by atoms with Crippen LogP contribution in [0.5, 0.6) is 0 Å². The summed E-state index contributed by atoms with van der Waals surface area (Å²) in [7, 11) is 2.17. The van der Waals surface area contributed by atoms with E-state index in [1.165, 1.54) is 10.4 Å². The van der Waals surface area contributed by atoms with Gasteiger partial charge in [0.1, 0.15) is 0 Å². The maximum Gasteiger partial charge on any atom is 0.0386 e. The van der Waals surface area contributed by atoms with Crippen LogP contribution < -0.4 is 5.32 Å². The van der Waals surface area contributed by atoms with Crippen molar-refractivity contribution < 1.29 is 0 Å². The van der Waals surface area contributed by atoms with Crippen molar-refractivity contribution in [2.45, 2.75) is 19.5 Å². The molecule has 1 aromatic heterocycles. The molecule has 0 bridgehead atoms. The first kappa shape index (κ1) is 14.3. The molecule has 0 spiro atoms. The molecule has 1 unspecified atom stereocenters. The van der Waals surface area contributed by atoms with Gasteiger partial charge in [0.25, 0.3) is 0 Å².